The van der Waals surface area contributed by atoms with Crippen molar-refractivity contribution in [2.45, 2.75) is 6.42 Å². The molecule has 1 fully saturated rings. The molecule has 1 aliphatic rings. The van der Waals surface area contributed by atoms with E-state index in [1.807, 2.05) is 23.6 Å². The average molecular weight is 453 g/mol. The molecule has 0 spiro atoms. The fourth-order valence-corrected chi connectivity index (χ4v) is 4.27. The molecule has 168 valence electrons. The SMILES string of the molecule is O=C(CCNc1cc(-c2ccsc2)cc(-c2cccc(O)c2)n1)NCCN1CCOCC1. The number of morpholine rings is 1. The van der Waals surface area contributed by atoms with E-state index in [0.717, 1.165) is 55.2 Å². The van der Waals surface area contributed by atoms with Crippen LogP contribution < -0.4 is 10.6 Å². The van der Waals surface area contributed by atoms with Crippen LogP contribution in [0.5, 0.6) is 5.75 Å². The lowest BCUT2D eigenvalue weighted by atomic mass is 10.1. The van der Waals surface area contributed by atoms with E-state index >= 15 is 0 Å². The Bertz CT molecular complexity index is 1020. The van der Waals surface area contributed by atoms with E-state index in [2.05, 4.69) is 27.0 Å². The van der Waals surface area contributed by atoms with Crippen LogP contribution in [0.15, 0.2) is 53.2 Å². The van der Waals surface area contributed by atoms with Crippen molar-refractivity contribution in [3.05, 3.63) is 53.2 Å². The molecule has 1 aromatic carbocycles. The molecule has 0 atom stereocenters. The number of nitrogens with one attached hydrogen (secondary N) is 2. The summed E-state index contributed by atoms with van der Waals surface area (Å²) in [6.45, 7) is 5.35. The summed E-state index contributed by atoms with van der Waals surface area (Å²) in [5.41, 5.74) is 3.76. The van der Waals surface area contributed by atoms with Gasteiger partial charge < -0.3 is 20.5 Å². The van der Waals surface area contributed by atoms with Gasteiger partial charge in [0, 0.05) is 44.7 Å². The van der Waals surface area contributed by atoms with Crippen molar-refractivity contribution in [3.63, 3.8) is 0 Å². The maximum atomic E-state index is 12.2. The second-order valence-electron chi connectivity index (χ2n) is 7.67. The summed E-state index contributed by atoms with van der Waals surface area (Å²) >= 11 is 1.64. The Balaban J connectivity index is 1.35. The number of benzene rings is 1. The molecule has 2 aromatic heterocycles. The molecule has 0 saturated carbocycles. The number of hydrogen-bond donors (Lipinski definition) is 3. The van der Waals surface area contributed by atoms with Gasteiger partial charge in [0.05, 0.1) is 18.9 Å². The Kier molecular flexibility index (Phi) is 7.71. The molecule has 1 aliphatic heterocycles. The first-order valence-corrected chi connectivity index (χ1v) is 11.8. The van der Waals surface area contributed by atoms with E-state index < -0.39 is 0 Å². The monoisotopic (exact) mass is 452 g/mol. The number of thiophene rings is 1. The number of phenolic OH excluding ortho intramolecular Hbond substituents is 1. The number of phenols is 1. The van der Waals surface area contributed by atoms with E-state index in [9.17, 15) is 9.90 Å². The van der Waals surface area contributed by atoms with Gasteiger partial charge in [-0.25, -0.2) is 4.98 Å². The maximum absolute atomic E-state index is 12.2. The lowest BCUT2D eigenvalue weighted by Gasteiger charge is -2.26. The third-order valence-corrected chi connectivity index (χ3v) is 6.02. The van der Waals surface area contributed by atoms with E-state index in [1.54, 1.807) is 29.5 Å². The Morgan fingerprint density at radius 3 is 2.75 bits per heavy atom. The molecule has 1 amide bonds. The standard InChI is InChI=1S/C24H28N4O3S/c29-21-3-1-2-18(14-21)22-15-20(19-5-13-32-17-19)16-23(27-22)25-6-4-24(30)26-7-8-28-9-11-31-12-10-28/h1-3,5,13-17,29H,4,6-12H2,(H,25,27)(H,26,30). The molecule has 32 heavy (non-hydrogen) atoms. The summed E-state index contributed by atoms with van der Waals surface area (Å²) in [6.07, 6.45) is 0.370. The minimum absolute atomic E-state index is 0.0213. The Morgan fingerprint density at radius 1 is 1.09 bits per heavy atom. The highest BCUT2D eigenvalue weighted by molar-refractivity contribution is 7.08. The predicted molar refractivity (Wildman–Crippen MR) is 128 cm³/mol. The van der Waals surface area contributed by atoms with Gasteiger partial charge in [0.1, 0.15) is 11.6 Å². The summed E-state index contributed by atoms with van der Waals surface area (Å²) < 4.78 is 5.34. The lowest BCUT2D eigenvalue weighted by molar-refractivity contribution is -0.120. The van der Waals surface area contributed by atoms with Crippen molar-refractivity contribution < 1.29 is 14.6 Å². The smallest absolute Gasteiger partial charge is 0.221 e. The minimum Gasteiger partial charge on any atom is -0.508 e. The van der Waals surface area contributed by atoms with E-state index in [1.165, 1.54) is 0 Å². The molecular formula is C24H28N4O3S. The number of aromatic hydroxyl groups is 1. The summed E-state index contributed by atoms with van der Waals surface area (Å²) in [5, 5.41) is 20.3. The number of pyridine rings is 1. The van der Waals surface area contributed by atoms with Crippen LogP contribution in [0.4, 0.5) is 5.82 Å². The van der Waals surface area contributed by atoms with Gasteiger partial charge in [-0.05, 0) is 52.2 Å². The second-order valence-corrected chi connectivity index (χ2v) is 8.45. The molecule has 7 nitrogen and oxygen atoms in total. The zero-order valence-electron chi connectivity index (χ0n) is 17.9. The van der Waals surface area contributed by atoms with Gasteiger partial charge in [0.15, 0.2) is 0 Å². The highest BCUT2D eigenvalue weighted by Crippen LogP contribution is 2.30. The number of ether oxygens (including phenoxy) is 1. The van der Waals surface area contributed by atoms with Crippen LogP contribution in [0.25, 0.3) is 22.4 Å². The van der Waals surface area contributed by atoms with E-state index in [0.29, 0.717) is 25.3 Å². The molecule has 3 N–H and O–H groups in total. The van der Waals surface area contributed by atoms with Crippen LogP contribution in [-0.4, -0.2) is 66.8 Å². The summed E-state index contributed by atoms with van der Waals surface area (Å²) in [7, 11) is 0. The van der Waals surface area contributed by atoms with E-state index in [4.69, 9.17) is 9.72 Å². The van der Waals surface area contributed by atoms with Crippen molar-refractivity contribution in [1.82, 2.24) is 15.2 Å². The van der Waals surface area contributed by atoms with Crippen LogP contribution in [0, 0.1) is 0 Å². The molecule has 0 aliphatic carbocycles. The van der Waals surface area contributed by atoms with Crippen molar-refractivity contribution in [3.8, 4) is 28.1 Å². The van der Waals surface area contributed by atoms with Gasteiger partial charge in [-0.2, -0.15) is 11.3 Å². The number of aromatic nitrogens is 1. The first-order valence-electron chi connectivity index (χ1n) is 10.8. The van der Waals surface area contributed by atoms with Gasteiger partial charge in [-0.1, -0.05) is 12.1 Å². The highest BCUT2D eigenvalue weighted by Gasteiger charge is 2.11. The van der Waals surface area contributed by atoms with Crippen molar-refractivity contribution in [2.24, 2.45) is 0 Å². The van der Waals surface area contributed by atoms with Gasteiger partial charge in [-0.3, -0.25) is 9.69 Å². The van der Waals surface area contributed by atoms with Crippen LogP contribution in [0.3, 0.4) is 0 Å². The minimum atomic E-state index is 0.0213. The van der Waals surface area contributed by atoms with Gasteiger partial charge in [0.2, 0.25) is 5.91 Å². The lowest BCUT2D eigenvalue weighted by Crippen LogP contribution is -2.41. The fourth-order valence-electron chi connectivity index (χ4n) is 3.60. The zero-order chi connectivity index (χ0) is 22.2. The van der Waals surface area contributed by atoms with Crippen molar-refractivity contribution in [1.29, 1.82) is 0 Å². The summed E-state index contributed by atoms with van der Waals surface area (Å²) in [5.74, 6) is 0.926. The number of carbonyl (C=O) groups excluding carboxylic acids is 1. The highest BCUT2D eigenvalue weighted by atomic mass is 32.1. The first-order chi connectivity index (χ1) is 15.7. The van der Waals surface area contributed by atoms with Crippen LogP contribution in [-0.2, 0) is 9.53 Å². The van der Waals surface area contributed by atoms with Gasteiger partial charge in [0.25, 0.3) is 0 Å². The normalized spacial score (nSPS) is 14.2. The molecule has 4 rings (SSSR count). The molecule has 0 radical (unpaired) electrons. The number of hydrogen-bond acceptors (Lipinski definition) is 7. The molecule has 3 aromatic rings. The Labute approximate surface area is 192 Å². The van der Waals surface area contributed by atoms with Gasteiger partial charge >= 0.3 is 0 Å². The topological polar surface area (TPSA) is 86.7 Å². The number of nitrogens with zero attached hydrogens (tertiary/aromatic N) is 2. The van der Waals surface area contributed by atoms with E-state index in [-0.39, 0.29) is 11.7 Å². The zero-order valence-corrected chi connectivity index (χ0v) is 18.7. The summed E-state index contributed by atoms with van der Waals surface area (Å²) in [4.78, 5) is 19.2. The third-order valence-electron chi connectivity index (χ3n) is 5.33. The van der Waals surface area contributed by atoms with Crippen molar-refractivity contribution in [2.75, 3.05) is 51.3 Å². The molecule has 8 heteroatoms. The number of anilines is 1. The number of carbonyl (C=O) groups is 1. The van der Waals surface area contributed by atoms with Crippen LogP contribution in [0.1, 0.15) is 6.42 Å². The summed E-state index contributed by atoms with van der Waals surface area (Å²) in [6, 6.07) is 13.1. The Morgan fingerprint density at radius 2 is 1.97 bits per heavy atom. The second kappa shape index (κ2) is 11.1. The molecule has 3 heterocycles. The van der Waals surface area contributed by atoms with Gasteiger partial charge in [-0.15, -0.1) is 0 Å². The quantitative estimate of drug-likeness (QED) is 0.461. The third kappa shape index (κ3) is 6.29. The number of rotatable bonds is 9. The largest absolute Gasteiger partial charge is 0.508 e. The maximum Gasteiger partial charge on any atom is 0.221 e. The van der Waals surface area contributed by atoms with Crippen LogP contribution >= 0.6 is 11.3 Å². The predicted octanol–water partition coefficient (Wildman–Crippen LogP) is 3.43. The first kappa shape index (κ1) is 22.3. The molecular weight excluding hydrogens is 424 g/mol. The molecule has 0 unspecified atom stereocenters. The molecule has 1 saturated heterocycles. The average Bonchev–Trinajstić information content (AvgIpc) is 3.35. The molecule has 0 bridgehead atoms. The van der Waals surface area contributed by atoms with Crippen molar-refractivity contribution >= 4 is 23.1 Å². The van der Waals surface area contributed by atoms with Crippen LogP contribution in [0.2, 0.25) is 0 Å². The Hall–Kier alpha value is -2.94. The number of amides is 1. The fraction of sp³-hybridized carbons (Fsp3) is 0.333.